The van der Waals surface area contributed by atoms with Crippen molar-refractivity contribution in [1.29, 1.82) is 0 Å². The minimum absolute atomic E-state index is 0.302. The molecular formula is C27H30ClN5. The number of aromatic amines is 1. The second-order valence-electron chi connectivity index (χ2n) is 9.90. The third kappa shape index (κ3) is 4.24. The maximum Gasteiger partial charge on any atom is 0.0889 e. The van der Waals surface area contributed by atoms with Crippen molar-refractivity contribution in [3.8, 4) is 0 Å². The van der Waals surface area contributed by atoms with Crippen LogP contribution in [0.5, 0.6) is 0 Å². The van der Waals surface area contributed by atoms with Crippen molar-refractivity contribution in [2.24, 2.45) is 16.6 Å². The van der Waals surface area contributed by atoms with Crippen LogP contribution in [0.2, 0.25) is 5.02 Å². The minimum Gasteiger partial charge on any atom is -0.360 e. The number of H-pyrrole nitrogens is 1. The highest BCUT2D eigenvalue weighted by Crippen LogP contribution is 2.46. The van der Waals surface area contributed by atoms with Gasteiger partial charge in [0.1, 0.15) is 0 Å². The molecule has 0 aromatic carbocycles. The van der Waals surface area contributed by atoms with Crippen LogP contribution in [0.25, 0.3) is 11.0 Å². The van der Waals surface area contributed by atoms with Crippen molar-refractivity contribution in [3.05, 3.63) is 69.9 Å². The highest BCUT2D eigenvalue weighted by molar-refractivity contribution is 6.35. The number of fused-ring (bicyclic) bond motifs is 2. The summed E-state index contributed by atoms with van der Waals surface area (Å²) in [4.78, 5) is 18.1. The lowest BCUT2D eigenvalue weighted by Gasteiger charge is -2.18. The summed E-state index contributed by atoms with van der Waals surface area (Å²) < 4.78 is 0. The number of nitrogens with two attached hydrogens (primary N) is 1. The number of allylic oxidation sites excluding steroid dienone is 2. The second-order valence-corrected chi connectivity index (χ2v) is 10.3. The molecule has 0 amide bonds. The zero-order chi connectivity index (χ0) is 22.4. The number of nitrogens with zero attached hydrogens (tertiary/aromatic N) is 3. The van der Waals surface area contributed by atoms with Crippen LogP contribution in [0, 0.1) is 5.92 Å². The van der Waals surface area contributed by atoms with Crippen molar-refractivity contribution in [2.75, 3.05) is 0 Å². The monoisotopic (exact) mass is 459 g/mol. The molecule has 3 aliphatic rings. The number of nitrogens with one attached hydrogen (secondary N) is 1. The van der Waals surface area contributed by atoms with Crippen molar-refractivity contribution in [1.82, 2.24) is 15.0 Å². The van der Waals surface area contributed by atoms with Gasteiger partial charge >= 0.3 is 0 Å². The van der Waals surface area contributed by atoms with Crippen LogP contribution in [-0.4, -0.2) is 26.7 Å². The van der Waals surface area contributed by atoms with Gasteiger partial charge in [0, 0.05) is 65.8 Å². The first-order chi connectivity index (χ1) is 16.2. The summed E-state index contributed by atoms with van der Waals surface area (Å²) in [6.45, 7) is 0. The Hall–Kier alpha value is -2.50. The standard InChI is InChI=1S/C27H30ClN5/c28-25-24-22(33-27(25)18-6-7-18)11-10-20(32-26(24)17-3-1-4-19(29)9-8-17)13-16-14-23-21(31-15-16)5-2-12-30-23/h2,5,10,12,14-15,17-19,33H,1,3-4,6-9,11,13,29H2. The van der Waals surface area contributed by atoms with Crippen LogP contribution in [0.15, 0.2) is 47.4 Å². The fourth-order valence-electron chi connectivity index (χ4n) is 5.41. The highest BCUT2D eigenvalue weighted by Gasteiger charge is 2.34. The molecule has 2 saturated carbocycles. The molecule has 0 radical (unpaired) electrons. The van der Waals surface area contributed by atoms with E-state index in [-0.39, 0.29) is 0 Å². The molecule has 3 aromatic rings. The molecular weight excluding hydrogens is 430 g/mol. The first-order valence-electron chi connectivity index (χ1n) is 12.3. The molecule has 6 rings (SSSR count). The molecule has 4 heterocycles. The Morgan fingerprint density at radius 3 is 2.79 bits per heavy atom. The lowest BCUT2D eigenvalue weighted by molar-refractivity contribution is 0.567. The number of aromatic nitrogens is 3. The first-order valence-corrected chi connectivity index (χ1v) is 12.7. The van der Waals surface area contributed by atoms with Gasteiger partial charge in [-0.25, -0.2) is 0 Å². The Morgan fingerprint density at radius 2 is 1.91 bits per heavy atom. The number of hydrogen-bond acceptors (Lipinski definition) is 4. The lowest BCUT2D eigenvalue weighted by Crippen LogP contribution is -2.20. The lowest BCUT2D eigenvalue weighted by atomic mass is 9.89. The van der Waals surface area contributed by atoms with Crippen molar-refractivity contribution in [2.45, 2.75) is 69.7 Å². The van der Waals surface area contributed by atoms with Crippen LogP contribution < -0.4 is 5.73 Å². The van der Waals surface area contributed by atoms with E-state index in [1.54, 1.807) is 0 Å². The molecule has 5 nitrogen and oxygen atoms in total. The molecule has 2 aliphatic carbocycles. The van der Waals surface area contributed by atoms with E-state index < -0.39 is 0 Å². The SMILES string of the molecule is NC1CCCC(C2=NC(Cc3cnc4cccnc4c3)=CCc3[nH]c(C4CC4)c(Cl)c32)CC1. The largest absolute Gasteiger partial charge is 0.360 e. The van der Waals surface area contributed by atoms with Crippen LogP contribution in [0.1, 0.15) is 73.4 Å². The Morgan fingerprint density at radius 1 is 1.03 bits per heavy atom. The molecule has 170 valence electrons. The fraction of sp³-hybridized carbons (Fsp3) is 0.444. The molecule has 2 fully saturated rings. The van der Waals surface area contributed by atoms with Gasteiger partial charge in [-0.2, -0.15) is 0 Å². The molecule has 3 aromatic heterocycles. The summed E-state index contributed by atoms with van der Waals surface area (Å²) in [6, 6.07) is 6.35. The quantitative estimate of drug-likeness (QED) is 0.479. The van der Waals surface area contributed by atoms with Crippen LogP contribution in [-0.2, 0) is 12.8 Å². The smallest absolute Gasteiger partial charge is 0.0889 e. The van der Waals surface area contributed by atoms with Gasteiger partial charge in [-0.15, -0.1) is 0 Å². The van der Waals surface area contributed by atoms with E-state index >= 15 is 0 Å². The third-order valence-electron chi connectivity index (χ3n) is 7.38. The highest BCUT2D eigenvalue weighted by atomic mass is 35.5. The summed E-state index contributed by atoms with van der Waals surface area (Å²) in [6.07, 6.45) is 15.6. The molecule has 0 saturated heterocycles. The van der Waals surface area contributed by atoms with E-state index in [0.29, 0.717) is 17.9 Å². The van der Waals surface area contributed by atoms with E-state index in [9.17, 15) is 0 Å². The summed E-state index contributed by atoms with van der Waals surface area (Å²) in [7, 11) is 0. The predicted molar refractivity (Wildman–Crippen MR) is 134 cm³/mol. The molecule has 6 heteroatoms. The molecule has 33 heavy (non-hydrogen) atoms. The number of rotatable bonds is 4. The first kappa shape index (κ1) is 21.1. The Balaban J connectivity index is 1.37. The maximum absolute atomic E-state index is 7.03. The Bertz CT molecular complexity index is 1250. The maximum atomic E-state index is 7.03. The van der Waals surface area contributed by atoms with Gasteiger partial charge in [-0.3, -0.25) is 15.0 Å². The van der Waals surface area contributed by atoms with Crippen LogP contribution >= 0.6 is 11.6 Å². The summed E-state index contributed by atoms with van der Waals surface area (Å²) in [5, 5.41) is 0.908. The van der Waals surface area contributed by atoms with Crippen LogP contribution in [0.4, 0.5) is 0 Å². The Kier molecular flexibility index (Phi) is 5.55. The third-order valence-corrected chi connectivity index (χ3v) is 7.78. The van der Waals surface area contributed by atoms with Gasteiger partial charge in [-0.05, 0) is 62.3 Å². The van der Waals surface area contributed by atoms with Gasteiger partial charge in [0.05, 0.1) is 21.8 Å². The average molecular weight is 460 g/mol. The van der Waals surface area contributed by atoms with Gasteiger partial charge in [0.15, 0.2) is 0 Å². The number of halogens is 1. The van der Waals surface area contributed by atoms with Gasteiger partial charge in [0.2, 0.25) is 0 Å². The van der Waals surface area contributed by atoms with E-state index in [1.807, 2.05) is 24.5 Å². The molecule has 0 bridgehead atoms. The summed E-state index contributed by atoms with van der Waals surface area (Å²) in [5.74, 6) is 0.989. The van der Waals surface area contributed by atoms with E-state index in [1.165, 1.54) is 35.5 Å². The zero-order valence-electron chi connectivity index (χ0n) is 18.9. The Labute approximate surface area is 199 Å². The van der Waals surface area contributed by atoms with Gasteiger partial charge in [0.25, 0.3) is 0 Å². The predicted octanol–water partition coefficient (Wildman–Crippen LogP) is 5.87. The summed E-state index contributed by atoms with van der Waals surface area (Å²) in [5.41, 5.74) is 15.2. The number of aliphatic imine (C=N–C) groups is 1. The van der Waals surface area contributed by atoms with Crippen molar-refractivity contribution >= 4 is 28.3 Å². The van der Waals surface area contributed by atoms with E-state index in [4.69, 9.17) is 22.3 Å². The van der Waals surface area contributed by atoms with E-state index in [0.717, 1.165) is 72.3 Å². The van der Waals surface area contributed by atoms with Crippen molar-refractivity contribution < 1.29 is 0 Å². The zero-order valence-corrected chi connectivity index (χ0v) is 19.6. The minimum atomic E-state index is 0.302. The summed E-state index contributed by atoms with van der Waals surface area (Å²) >= 11 is 7.03. The number of hydrogen-bond donors (Lipinski definition) is 2. The van der Waals surface area contributed by atoms with Crippen molar-refractivity contribution in [3.63, 3.8) is 0 Å². The normalized spacial score (nSPS) is 23.5. The molecule has 2 atom stereocenters. The second kappa shape index (κ2) is 8.69. The molecule has 0 spiro atoms. The molecule has 2 unspecified atom stereocenters. The van der Waals surface area contributed by atoms with Crippen LogP contribution in [0.3, 0.4) is 0 Å². The number of pyridine rings is 2. The fourth-order valence-corrected chi connectivity index (χ4v) is 5.82. The average Bonchev–Trinajstić information content (AvgIpc) is 3.65. The van der Waals surface area contributed by atoms with Gasteiger partial charge in [-0.1, -0.05) is 24.1 Å². The van der Waals surface area contributed by atoms with Gasteiger partial charge < -0.3 is 10.7 Å². The topological polar surface area (TPSA) is 79.9 Å². The van der Waals surface area contributed by atoms with E-state index in [2.05, 4.69) is 27.1 Å². The molecule has 1 aliphatic heterocycles. The molecule has 3 N–H and O–H groups in total.